The number of carbonyl (C=O) groups is 1. The lowest BCUT2D eigenvalue weighted by Crippen LogP contribution is -2.30. The molecule has 0 radical (unpaired) electrons. The number of primary amides is 1. The van der Waals surface area contributed by atoms with Crippen LogP contribution in [0.4, 0.5) is 0 Å². The van der Waals surface area contributed by atoms with Crippen LogP contribution in [0.15, 0.2) is 12.1 Å². The summed E-state index contributed by atoms with van der Waals surface area (Å²) in [5.41, 5.74) is 6.04. The summed E-state index contributed by atoms with van der Waals surface area (Å²) in [6.45, 7) is 2.40. The van der Waals surface area contributed by atoms with E-state index in [1.807, 2.05) is 6.92 Å². The molecule has 0 aliphatic carbocycles. The van der Waals surface area contributed by atoms with Crippen LogP contribution in [0, 0.1) is 0 Å². The minimum Gasteiger partial charge on any atom is -0.496 e. The van der Waals surface area contributed by atoms with Crippen molar-refractivity contribution in [3.8, 4) is 17.2 Å². The lowest BCUT2D eigenvalue weighted by atomic mass is 10.1. The summed E-state index contributed by atoms with van der Waals surface area (Å²) in [6.07, 6.45) is 0.279. The van der Waals surface area contributed by atoms with Crippen molar-refractivity contribution in [1.29, 1.82) is 0 Å². The number of nitrogens with one attached hydrogen (secondary N) is 1. The molecule has 6 heteroatoms. The maximum absolute atomic E-state index is 10.9. The van der Waals surface area contributed by atoms with E-state index >= 15 is 0 Å². The summed E-state index contributed by atoms with van der Waals surface area (Å²) in [6, 6.07) is 3.56. The van der Waals surface area contributed by atoms with Crippen LogP contribution in [0.25, 0.3) is 0 Å². The number of hydrogen-bond acceptors (Lipinski definition) is 5. The number of methoxy groups -OCH3 is 3. The molecule has 0 aliphatic rings. The average molecular weight is 282 g/mol. The van der Waals surface area contributed by atoms with Gasteiger partial charge in [0.05, 0.1) is 26.9 Å². The fourth-order valence-electron chi connectivity index (χ4n) is 1.90. The van der Waals surface area contributed by atoms with Gasteiger partial charge < -0.3 is 25.3 Å². The highest BCUT2D eigenvalue weighted by atomic mass is 16.5. The largest absolute Gasteiger partial charge is 0.496 e. The van der Waals surface area contributed by atoms with Crippen molar-refractivity contribution in [1.82, 2.24) is 5.32 Å². The van der Waals surface area contributed by atoms with Gasteiger partial charge in [0.15, 0.2) is 0 Å². The smallest absolute Gasteiger partial charge is 0.218 e. The fraction of sp³-hybridized carbons (Fsp3) is 0.500. The number of nitrogens with two attached hydrogens (primary N) is 1. The SMILES string of the molecule is COc1cc(OC)c(CNC(C)CC(N)=O)c(OC)c1. The van der Waals surface area contributed by atoms with Crippen LogP contribution in [0.3, 0.4) is 0 Å². The zero-order valence-electron chi connectivity index (χ0n) is 12.4. The van der Waals surface area contributed by atoms with Crippen molar-refractivity contribution < 1.29 is 19.0 Å². The lowest BCUT2D eigenvalue weighted by molar-refractivity contribution is -0.118. The van der Waals surface area contributed by atoms with E-state index in [1.54, 1.807) is 33.5 Å². The number of hydrogen-bond donors (Lipinski definition) is 2. The molecule has 0 saturated carbocycles. The highest BCUT2D eigenvalue weighted by molar-refractivity contribution is 5.74. The van der Waals surface area contributed by atoms with E-state index in [2.05, 4.69) is 5.32 Å². The molecule has 0 bridgehead atoms. The molecule has 0 saturated heterocycles. The first-order valence-corrected chi connectivity index (χ1v) is 6.32. The van der Waals surface area contributed by atoms with Crippen LogP contribution < -0.4 is 25.3 Å². The van der Waals surface area contributed by atoms with Gasteiger partial charge in [-0.3, -0.25) is 4.79 Å². The molecular formula is C14H22N2O4. The van der Waals surface area contributed by atoms with E-state index in [-0.39, 0.29) is 18.4 Å². The topological polar surface area (TPSA) is 82.8 Å². The van der Waals surface area contributed by atoms with Crippen LogP contribution in [0.2, 0.25) is 0 Å². The third-order valence-electron chi connectivity index (χ3n) is 2.95. The molecule has 0 spiro atoms. The third kappa shape index (κ3) is 4.31. The predicted molar refractivity (Wildman–Crippen MR) is 76.2 cm³/mol. The predicted octanol–water partition coefficient (Wildman–Crippen LogP) is 1.07. The highest BCUT2D eigenvalue weighted by Crippen LogP contribution is 2.33. The quantitative estimate of drug-likeness (QED) is 0.745. The Labute approximate surface area is 119 Å². The van der Waals surface area contributed by atoms with Crippen molar-refractivity contribution in [2.24, 2.45) is 5.73 Å². The molecule has 3 N–H and O–H groups in total. The summed E-state index contributed by atoms with van der Waals surface area (Å²) in [5, 5.41) is 3.22. The normalized spacial score (nSPS) is 11.8. The Morgan fingerprint density at radius 2 is 1.75 bits per heavy atom. The molecule has 0 aliphatic heterocycles. The van der Waals surface area contributed by atoms with Crippen LogP contribution in [0.5, 0.6) is 17.2 Å². The van der Waals surface area contributed by atoms with Gasteiger partial charge in [-0.15, -0.1) is 0 Å². The third-order valence-corrected chi connectivity index (χ3v) is 2.95. The molecule has 1 amide bonds. The summed E-state index contributed by atoms with van der Waals surface area (Å²) >= 11 is 0. The Kier molecular flexibility index (Phi) is 6.11. The Balaban J connectivity index is 2.89. The number of carbonyl (C=O) groups excluding carboxylic acids is 1. The molecule has 0 heterocycles. The van der Waals surface area contributed by atoms with Gasteiger partial charge in [-0.05, 0) is 6.92 Å². The second-order valence-electron chi connectivity index (χ2n) is 4.46. The number of rotatable bonds is 8. The van der Waals surface area contributed by atoms with E-state index in [0.29, 0.717) is 23.8 Å². The average Bonchev–Trinajstić information content (AvgIpc) is 2.43. The highest BCUT2D eigenvalue weighted by Gasteiger charge is 2.14. The number of benzene rings is 1. The number of amides is 1. The molecular weight excluding hydrogens is 260 g/mol. The van der Waals surface area contributed by atoms with E-state index in [1.165, 1.54) is 0 Å². The second kappa shape index (κ2) is 7.59. The van der Waals surface area contributed by atoms with Gasteiger partial charge >= 0.3 is 0 Å². The van der Waals surface area contributed by atoms with Gasteiger partial charge in [-0.2, -0.15) is 0 Å². The van der Waals surface area contributed by atoms with Crippen molar-refractivity contribution in [3.63, 3.8) is 0 Å². The molecule has 1 rings (SSSR count). The van der Waals surface area contributed by atoms with Crippen molar-refractivity contribution in [2.45, 2.75) is 25.9 Å². The molecule has 0 fully saturated rings. The Morgan fingerprint density at radius 1 is 1.20 bits per heavy atom. The molecule has 1 unspecified atom stereocenters. The summed E-state index contributed by atoms with van der Waals surface area (Å²) < 4.78 is 15.9. The Hall–Kier alpha value is -1.95. The lowest BCUT2D eigenvalue weighted by Gasteiger charge is -2.17. The second-order valence-corrected chi connectivity index (χ2v) is 4.46. The molecule has 1 aromatic rings. The van der Waals surface area contributed by atoms with Gasteiger partial charge in [0.2, 0.25) is 5.91 Å². The first-order valence-electron chi connectivity index (χ1n) is 6.32. The summed E-state index contributed by atoms with van der Waals surface area (Å²) in [5.74, 6) is 1.66. The van der Waals surface area contributed by atoms with Gasteiger partial charge in [0.1, 0.15) is 17.2 Å². The standard InChI is InChI=1S/C14H22N2O4/c1-9(5-14(15)17)16-8-11-12(19-3)6-10(18-2)7-13(11)20-4/h6-7,9,16H,5,8H2,1-4H3,(H2,15,17). The minimum absolute atomic E-state index is 0.0241. The van der Waals surface area contributed by atoms with Gasteiger partial charge in [-0.1, -0.05) is 0 Å². The first-order chi connectivity index (χ1) is 9.51. The summed E-state index contributed by atoms with van der Waals surface area (Å²) in [7, 11) is 4.76. The molecule has 20 heavy (non-hydrogen) atoms. The maximum atomic E-state index is 10.9. The van der Waals surface area contributed by atoms with Crippen molar-refractivity contribution in [2.75, 3.05) is 21.3 Å². The monoisotopic (exact) mass is 282 g/mol. The van der Waals surface area contributed by atoms with Gasteiger partial charge in [0, 0.05) is 31.1 Å². The van der Waals surface area contributed by atoms with Crippen molar-refractivity contribution in [3.05, 3.63) is 17.7 Å². The van der Waals surface area contributed by atoms with E-state index in [9.17, 15) is 4.79 Å². The molecule has 112 valence electrons. The fourth-order valence-corrected chi connectivity index (χ4v) is 1.90. The molecule has 6 nitrogen and oxygen atoms in total. The minimum atomic E-state index is -0.335. The Bertz CT molecular complexity index is 437. The van der Waals surface area contributed by atoms with Crippen LogP contribution >= 0.6 is 0 Å². The number of ether oxygens (including phenoxy) is 3. The molecule has 1 atom stereocenters. The zero-order valence-corrected chi connectivity index (χ0v) is 12.4. The zero-order chi connectivity index (χ0) is 15.1. The van der Waals surface area contributed by atoms with Gasteiger partial charge in [0.25, 0.3) is 0 Å². The van der Waals surface area contributed by atoms with Crippen molar-refractivity contribution >= 4 is 5.91 Å². The van der Waals surface area contributed by atoms with Crippen LogP contribution in [-0.2, 0) is 11.3 Å². The van der Waals surface area contributed by atoms with E-state index < -0.39 is 0 Å². The van der Waals surface area contributed by atoms with E-state index in [0.717, 1.165) is 5.56 Å². The van der Waals surface area contributed by atoms with Gasteiger partial charge in [-0.25, -0.2) is 0 Å². The van der Waals surface area contributed by atoms with Crippen LogP contribution in [0.1, 0.15) is 18.9 Å². The first kappa shape index (κ1) is 16.1. The maximum Gasteiger partial charge on any atom is 0.218 e. The summed E-state index contributed by atoms with van der Waals surface area (Å²) in [4.78, 5) is 10.9. The van der Waals surface area contributed by atoms with Crippen LogP contribution in [-0.4, -0.2) is 33.3 Å². The van der Waals surface area contributed by atoms with E-state index in [4.69, 9.17) is 19.9 Å². The molecule has 1 aromatic carbocycles. The Morgan fingerprint density at radius 3 is 2.15 bits per heavy atom. The molecule has 0 aromatic heterocycles.